The first-order chi connectivity index (χ1) is 11.7. The zero-order valence-electron chi connectivity index (χ0n) is 15.0. The number of imidazole rings is 1. The third kappa shape index (κ3) is 6.30. The van der Waals surface area contributed by atoms with Crippen LogP contribution in [0, 0.1) is 11.7 Å². The third-order valence-corrected chi connectivity index (χ3v) is 4.19. The molecule has 0 unspecified atom stereocenters. The zero-order chi connectivity index (χ0) is 17.4. The molecular formula is C18H27FIN5. The molecular weight excluding hydrogens is 432 g/mol. The number of nitrogens with zero attached hydrogens (tertiary/aromatic N) is 3. The highest BCUT2D eigenvalue weighted by molar-refractivity contribution is 14.0. The van der Waals surface area contributed by atoms with Gasteiger partial charge in [-0.1, -0.05) is 32.8 Å². The van der Waals surface area contributed by atoms with Gasteiger partial charge in [-0.3, -0.25) is 4.99 Å². The van der Waals surface area contributed by atoms with Gasteiger partial charge in [0.25, 0.3) is 0 Å². The van der Waals surface area contributed by atoms with E-state index in [0.717, 1.165) is 30.9 Å². The molecule has 25 heavy (non-hydrogen) atoms. The highest BCUT2D eigenvalue weighted by atomic mass is 127. The van der Waals surface area contributed by atoms with Crippen LogP contribution in [0.1, 0.15) is 32.3 Å². The Labute approximate surface area is 166 Å². The van der Waals surface area contributed by atoms with Gasteiger partial charge < -0.3 is 15.2 Å². The molecule has 0 saturated carbocycles. The lowest BCUT2D eigenvalue weighted by atomic mass is 10.0. The monoisotopic (exact) mass is 459 g/mol. The summed E-state index contributed by atoms with van der Waals surface area (Å²) in [6.45, 7) is 5.79. The molecule has 1 heterocycles. The van der Waals surface area contributed by atoms with Gasteiger partial charge in [0.2, 0.25) is 0 Å². The summed E-state index contributed by atoms with van der Waals surface area (Å²) in [5.41, 5.74) is 1.36. The van der Waals surface area contributed by atoms with E-state index in [9.17, 15) is 4.39 Å². The van der Waals surface area contributed by atoms with Crippen molar-refractivity contribution in [2.24, 2.45) is 10.9 Å². The second-order valence-electron chi connectivity index (χ2n) is 5.74. The van der Waals surface area contributed by atoms with Crippen molar-refractivity contribution < 1.29 is 4.39 Å². The van der Waals surface area contributed by atoms with Gasteiger partial charge in [0.05, 0.1) is 12.0 Å². The highest BCUT2D eigenvalue weighted by Crippen LogP contribution is 2.14. The first-order valence-electron chi connectivity index (χ1n) is 8.39. The summed E-state index contributed by atoms with van der Waals surface area (Å²) in [6.07, 6.45) is 7.22. The molecule has 2 aromatic rings. The number of nitrogens with one attached hydrogen (secondary N) is 2. The number of benzene rings is 1. The lowest BCUT2D eigenvalue weighted by Gasteiger charge is -2.17. The van der Waals surface area contributed by atoms with Gasteiger partial charge in [-0.2, -0.15) is 0 Å². The van der Waals surface area contributed by atoms with Crippen LogP contribution < -0.4 is 10.6 Å². The first-order valence-corrected chi connectivity index (χ1v) is 8.39. The molecule has 0 amide bonds. The number of guanidine groups is 1. The normalized spacial score (nSPS) is 11.3. The smallest absolute Gasteiger partial charge is 0.191 e. The Morgan fingerprint density at radius 3 is 2.60 bits per heavy atom. The molecule has 2 N–H and O–H groups in total. The van der Waals surface area contributed by atoms with Crippen molar-refractivity contribution in [2.75, 3.05) is 13.6 Å². The van der Waals surface area contributed by atoms with Crippen molar-refractivity contribution in [3.8, 4) is 5.69 Å². The molecule has 0 atom stereocenters. The molecule has 0 aliphatic heterocycles. The number of halogens is 2. The second-order valence-corrected chi connectivity index (χ2v) is 5.74. The second kappa shape index (κ2) is 11.1. The SMILES string of the molecule is CCC(CC)CNC(=NC)NCc1ccc(-n2ccnc2)c(F)c1.I. The molecule has 0 radical (unpaired) electrons. The number of aliphatic imine (C=N–C) groups is 1. The maximum atomic E-state index is 14.2. The molecule has 7 heteroatoms. The van der Waals surface area contributed by atoms with Crippen molar-refractivity contribution >= 4 is 29.9 Å². The average Bonchev–Trinajstić information content (AvgIpc) is 3.12. The molecule has 0 bridgehead atoms. The first kappa shape index (κ1) is 21.4. The van der Waals surface area contributed by atoms with Gasteiger partial charge >= 0.3 is 0 Å². The average molecular weight is 459 g/mol. The van der Waals surface area contributed by atoms with Crippen LogP contribution in [0.4, 0.5) is 4.39 Å². The van der Waals surface area contributed by atoms with Crippen molar-refractivity contribution in [3.05, 3.63) is 48.3 Å². The summed E-state index contributed by atoms with van der Waals surface area (Å²) in [5.74, 6) is 1.10. The third-order valence-electron chi connectivity index (χ3n) is 4.19. The van der Waals surface area contributed by atoms with E-state index in [1.54, 1.807) is 36.4 Å². The largest absolute Gasteiger partial charge is 0.356 e. The molecule has 0 saturated heterocycles. The van der Waals surface area contributed by atoms with Gasteiger partial charge in [0, 0.05) is 32.5 Å². The number of hydrogen-bond donors (Lipinski definition) is 2. The van der Waals surface area contributed by atoms with E-state index < -0.39 is 0 Å². The molecule has 1 aromatic heterocycles. The molecule has 0 aliphatic carbocycles. The summed E-state index contributed by atoms with van der Waals surface area (Å²) >= 11 is 0. The minimum atomic E-state index is -0.271. The van der Waals surface area contributed by atoms with Crippen molar-refractivity contribution in [1.82, 2.24) is 20.2 Å². The Kier molecular flexibility index (Phi) is 9.48. The van der Waals surface area contributed by atoms with E-state index in [1.807, 2.05) is 6.07 Å². The van der Waals surface area contributed by atoms with E-state index in [-0.39, 0.29) is 29.8 Å². The number of aromatic nitrogens is 2. The maximum absolute atomic E-state index is 14.2. The Bertz CT molecular complexity index is 653. The Morgan fingerprint density at radius 2 is 2.04 bits per heavy atom. The highest BCUT2D eigenvalue weighted by Gasteiger charge is 2.07. The quantitative estimate of drug-likeness (QED) is 0.377. The summed E-state index contributed by atoms with van der Waals surface area (Å²) in [7, 11) is 1.74. The minimum absolute atomic E-state index is 0. The fourth-order valence-corrected chi connectivity index (χ4v) is 2.50. The minimum Gasteiger partial charge on any atom is -0.356 e. The lowest BCUT2D eigenvalue weighted by Crippen LogP contribution is -2.39. The van der Waals surface area contributed by atoms with Gasteiger partial charge in [0.1, 0.15) is 5.82 Å². The summed E-state index contributed by atoms with van der Waals surface area (Å²) in [6, 6.07) is 5.20. The van der Waals surface area contributed by atoms with Crippen LogP contribution in [0.25, 0.3) is 5.69 Å². The van der Waals surface area contributed by atoms with Crippen LogP contribution in [0.5, 0.6) is 0 Å². The molecule has 2 rings (SSSR count). The molecule has 0 fully saturated rings. The van der Waals surface area contributed by atoms with E-state index in [4.69, 9.17) is 0 Å². The van der Waals surface area contributed by atoms with E-state index >= 15 is 0 Å². The summed E-state index contributed by atoms with van der Waals surface area (Å²) in [4.78, 5) is 8.15. The number of rotatable bonds is 7. The topological polar surface area (TPSA) is 54.2 Å². The molecule has 138 valence electrons. The van der Waals surface area contributed by atoms with Gasteiger partial charge in [-0.05, 0) is 23.6 Å². The van der Waals surface area contributed by atoms with Crippen LogP contribution in [0.2, 0.25) is 0 Å². The van der Waals surface area contributed by atoms with Gasteiger partial charge in [0.15, 0.2) is 5.96 Å². The lowest BCUT2D eigenvalue weighted by molar-refractivity contribution is 0.481. The van der Waals surface area contributed by atoms with E-state index in [2.05, 4.69) is 34.5 Å². The fourth-order valence-electron chi connectivity index (χ4n) is 2.50. The van der Waals surface area contributed by atoms with Crippen molar-refractivity contribution in [2.45, 2.75) is 33.2 Å². The fraction of sp³-hybridized carbons (Fsp3) is 0.444. The van der Waals surface area contributed by atoms with Crippen LogP contribution in [0.15, 0.2) is 41.9 Å². The molecule has 0 spiro atoms. The summed E-state index contributed by atoms with van der Waals surface area (Å²) < 4.78 is 15.9. The predicted octanol–water partition coefficient (Wildman–Crippen LogP) is 3.73. The predicted molar refractivity (Wildman–Crippen MR) is 111 cm³/mol. The summed E-state index contributed by atoms with van der Waals surface area (Å²) in [5, 5.41) is 6.55. The van der Waals surface area contributed by atoms with E-state index in [0.29, 0.717) is 18.2 Å². The van der Waals surface area contributed by atoms with E-state index in [1.165, 1.54) is 6.07 Å². The number of hydrogen-bond acceptors (Lipinski definition) is 2. The Hall–Kier alpha value is -1.64. The van der Waals surface area contributed by atoms with Crippen LogP contribution in [0.3, 0.4) is 0 Å². The zero-order valence-corrected chi connectivity index (χ0v) is 17.3. The Balaban J connectivity index is 0.00000312. The maximum Gasteiger partial charge on any atom is 0.191 e. The van der Waals surface area contributed by atoms with Crippen LogP contribution >= 0.6 is 24.0 Å². The molecule has 5 nitrogen and oxygen atoms in total. The van der Waals surface area contributed by atoms with Gasteiger partial charge in [-0.15, -0.1) is 24.0 Å². The van der Waals surface area contributed by atoms with Crippen molar-refractivity contribution in [1.29, 1.82) is 0 Å². The van der Waals surface area contributed by atoms with Crippen LogP contribution in [-0.2, 0) is 6.54 Å². The molecule has 1 aromatic carbocycles. The van der Waals surface area contributed by atoms with Crippen molar-refractivity contribution in [3.63, 3.8) is 0 Å². The molecule has 0 aliphatic rings. The van der Waals surface area contributed by atoms with Gasteiger partial charge in [-0.25, -0.2) is 9.37 Å². The van der Waals surface area contributed by atoms with Crippen LogP contribution in [-0.4, -0.2) is 29.1 Å². The standard InChI is InChI=1S/C18H26FN5.HI/c1-4-14(5-2)11-22-18(20-3)23-12-15-6-7-17(16(19)10-15)24-9-8-21-13-24;/h6-10,13-14H,4-5,11-12H2,1-3H3,(H2,20,22,23);1H. The Morgan fingerprint density at radius 1 is 1.28 bits per heavy atom.